The maximum Gasteiger partial charge on any atom is 0.244 e. The number of nitrogen functional groups attached to an aromatic ring is 1. The molecule has 1 rings (SSSR count). The van der Waals surface area contributed by atoms with Crippen LogP contribution in [0.25, 0.3) is 0 Å². The Morgan fingerprint density at radius 3 is 2.52 bits per heavy atom. The van der Waals surface area contributed by atoms with Crippen LogP contribution >= 0.6 is 15.9 Å². The molecule has 1 atom stereocenters. The Labute approximate surface area is 132 Å². The van der Waals surface area contributed by atoms with E-state index in [9.17, 15) is 13.2 Å². The number of carbonyl (C=O) groups is 1. The van der Waals surface area contributed by atoms with Gasteiger partial charge in [-0.1, -0.05) is 0 Å². The molecule has 1 aromatic heterocycles. The second-order valence-electron chi connectivity index (χ2n) is 5.62. The van der Waals surface area contributed by atoms with Gasteiger partial charge in [0.25, 0.3) is 0 Å². The van der Waals surface area contributed by atoms with Crippen molar-refractivity contribution in [3.05, 3.63) is 16.7 Å². The van der Waals surface area contributed by atoms with Crippen LogP contribution in [0.5, 0.6) is 0 Å². The predicted octanol–water partition coefficient (Wildman–Crippen LogP) is 1.01. The molecule has 1 heterocycles. The Kier molecular flexibility index (Phi) is 5.35. The van der Waals surface area contributed by atoms with E-state index in [2.05, 4.69) is 31.0 Å². The molecule has 0 saturated heterocycles. The first-order valence-corrected chi connectivity index (χ1v) is 8.45. The van der Waals surface area contributed by atoms with Crippen molar-refractivity contribution in [1.29, 1.82) is 0 Å². The number of hydrogen-bond acceptors (Lipinski definition) is 5. The quantitative estimate of drug-likeness (QED) is 0.722. The van der Waals surface area contributed by atoms with Crippen molar-refractivity contribution in [2.75, 3.05) is 5.73 Å². The number of rotatable bonds is 4. The number of hydrogen-bond donors (Lipinski definition) is 3. The Bertz CT molecular complexity index is 640. The van der Waals surface area contributed by atoms with Gasteiger partial charge < -0.3 is 11.1 Å². The van der Waals surface area contributed by atoms with E-state index in [1.54, 1.807) is 0 Å². The van der Waals surface area contributed by atoms with Crippen LogP contribution < -0.4 is 15.8 Å². The van der Waals surface area contributed by atoms with Crippen molar-refractivity contribution >= 4 is 37.7 Å². The minimum atomic E-state index is -3.94. The third kappa shape index (κ3) is 5.25. The van der Waals surface area contributed by atoms with Crippen molar-refractivity contribution in [2.45, 2.75) is 44.2 Å². The highest BCUT2D eigenvalue weighted by Gasteiger charge is 2.26. The van der Waals surface area contributed by atoms with Crippen molar-refractivity contribution in [2.24, 2.45) is 0 Å². The van der Waals surface area contributed by atoms with Crippen LogP contribution in [0.1, 0.15) is 27.7 Å². The van der Waals surface area contributed by atoms with Gasteiger partial charge in [-0.3, -0.25) is 4.79 Å². The smallest absolute Gasteiger partial charge is 0.244 e. The van der Waals surface area contributed by atoms with Crippen molar-refractivity contribution in [3.63, 3.8) is 0 Å². The fourth-order valence-corrected chi connectivity index (χ4v) is 3.27. The summed E-state index contributed by atoms with van der Waals surface area (Å²) in [4.78, 5) is 15.5. The van der Waals surface area contributed by atoms with E-state index in [1.165, 1.54) is 19.2 Å². The topological polar surface area (TPSA) is 114 Å². The van der Waals surface area contributed by atoms with E-state index in [4.69, 9.17) is 5.73 Å². The Morgan fingerprint density at radius 2 is 2.00 bits per heavy atom. The van der Waals surface area contributed by atoms with Gasteiger partial charge in [0.05, 0.1) is 6.04 Å². The Hall–Kier alpha value is -1.19. The lowest BCUT2D eigenvalue weighted by atomic mass is 10.1. The number of carbonyl (C=O) groups excluding carboxylic acids is 1. The molecule has 1 aromatic rings. The average molecular weight is 379 g/mol. The molecule has 7 nitrogen and oxygen atoms in total. The number of anilines is 1. The number of aromatic nitrogens is 1. The monoisotopic (exact) mass is 378 g/mol. The van der Waals surface area contributed by atoms with Gasteiger partial charge in [-0.2, -0.15) is 4.72 Å². The molecule has 0 spiro atoms. The summed E-state index contributed by atoms with van der Waals surface area (Å²) >= 11 is 3.13. The molecule has 21 heavy (non-hydrogen) atoms. The van der Waals surface area contributed by atoms with Gasteiger partial charge >= 0.3 is 0 Å². The predicted molar refractivity (Wildman–Crippen MR) is 84.0 cm³/mol. The van der Waals surface area contributed by atoms with E-state index >= 15 is 0 Å². The standard InChI is InChI=1S/C12H19BrN4O3S/c1-7(11(18)16-12(2,3)4)17-21(19,20)9-5-8(13)6-15-10(9)14/h5-7,17H,1-4H3,(H2,14,15)(H,16,18). The number of sulfonamides is 1. The Balaban J connectivity index is 2.95. The number of nitrogens with zero attached hydrogens (tertiary/aromatic N) is 1. The zero-order valence-corrected chi connectivity index (χ0v) is 14.7. The average Bonchev–Trinajstić information content (AvgIpc) is 2.29. The summed E-state index contributed by atoms with van der Waals surface area (Å²) in [5.41, 5.74) is 5.13. The first-order chi connectivity index (χ1) is 9.42. The molecule has 0 aromatic carbocycles. The minimum absolute atomic E-state index is 0.130. The lowest BCUT2D eigenvalue weighted by Crippen LogP contribution is -2.50. The molecule has 1 amide bonds. The fourth-order valence-electron chi connectivity index (χ4n) is 1.47. The molecule has 0 bridgehead atoms. The summed E-state index contributed by atoms with van der Waals surface area (Å²) in [6.45, 7) is 6.88. The van der Waals surface area contributed by atoms with Crippen LogP contribution in [0, 0.1) is 0 Å². The minimum Gasteiger partial charge on any atom is -0.383 e. The van der Waals surface area contributed by atoms with Crippen LogP contribution in [-0.2, 0) is 14.8 Å². The van der Waals surface area contributed by atoms with E-state index in [0.717, 1.165) is 0 Å². The maximum atomic E-state index is 12.3. The molecular weight excluding hydrogens is 360 g/mol. The van der Waals surface area contributed by atoms with E-state index in [0.29, 0.717) is 4.47 Å². The molecule has 9 heteroatoms. The molecule has 0 aliphatic carbocycles. The number of amides is 1. The van der Waals surface area contributed by atoms with Crippen molar-refractivity contribution in [1.82, 2.24) is 15.0 Å². The zero-order chi connectivity index (χ0) is 16.4. The summed E-state index contributed by atoms with van der Waals surface area (Å²) < 4.78 is 27.3. The summed E-state index contributed by atoms with van der Waals surface area (Å²) in [5, 5.41) is 2.70. The summed E-state index contributed by atoms with van der Waals surface area (Å²) in [7, 11) is -3.94. The van der Waals surface area contributed by atoms with Gasteiger partial charge in [-0.05, 0) is 49.7 Å². The van der Waals surface area contributed by atoms with Crippen LogP contribution in [0.2, 0.25) is 0 Å². The van der Waals surface area contributed by atoms with Gasteiger partial charge in [0, 0.05) is 16.2 Å². The molecule has 1 unspecified atom stereocenters. The van der Waals surface area contributed by atoms with Gasteiger partial charge in [0.15, 0.2) is 0 Å². The fraction of sp³-hybridized carbons (Fsp3) is 0.500. The first-order valence-electron chi connectivity index (χ1n) is 6.18. The zero-order valence-electron chi connectivity index (χ0n) is 12.3. The molecule has 0 radical (unpaired) electrons. The summed E-state index contributed by atoms with van der Waals surface area (Å²) in [5.74, 6) is -0.554. The lowest BCUT2D eigenvalue weighted by molar-refractivity contribution is -0.123. The first kappa shape index (κ1) is 17.9. The highest BCUT2D eigenvalue weighted by atomic mass is 79.9. The second-order valence-corrected chi connectivity index (χ2v) is 8.22. The van der Waals surface area contributed by atoms with E-state index < -0.39 is 27.5 Å². The third-order valence-electron chi connectivity index (χ3n) is 2.36. The number of nitrogens with one attached hydrogen (secondary N) is 2. The highest BCUT2D eigenvalue weighted by molar-refractivity contribution is 9.10. The normalized spacial score (nSPS) is 13.8. The lowest BCUT2D eigenvalue weighted by Gasteiger charge is -2.23. The SMILES string of the molecule is CC(NS(=O)(=O)c1cc(Br)cnc1N)C(=O)NC(C)(C)C. The van der Waals surface area contributed by atoms with E-state index in [1.807, 2.05) is 20.8 Å². The largest absolute Gasteiger partial charge is 0.383 e. The number of pyridine rings is 1. The second kappa shape index (κ2) is 6.29. The molecular formula is C12H19BrN4O3S. The Morgan fingerprint density at radius 1 is 1.43 bits per heavy atom. The number of nitrogens with two attached hydrogens (primary N) is 1. The van der Waals surface area contributed by atoms with Gasteiger partial charge in [0.1, 0.15) is 10.7 Å². The molecule has 4 N–H and O–H groups in total. The summed E-state index contributed by atoms with van der Waals surface area (Å²) in [6.07, 6.45) is 1.39. The van der Waals surface area contributed by atoms with Crippen LogP contribution in [0.15, 0.2) is 21.6 Å². The van der Waals surface area contributed by atoms with Crippen molar-refractivity contribution in [3.8, 4) is 0 Å². The maximum absolute atomic E-state index is 12.3. The molecule has 0 saturated carbocycles. The van der Waals surface area contributed by atoms with Crippen LogP contribution in [0.4, 0.5) is 5.82 Å². The van der Waals surface area contributed by atoms with Gasteiger partial charge in [0.2, 0.25) is 15.9 Å². The molecule has 0 aliphatic rings. The molecule has 118 valence electrons. The molecule has 0 fully saturated rings. The highest BCUT2D eigenvalue weighted by Crippen LogP contribution is 2.20. The van der Waals surface area contributed by atoms with Crippen molar-refractivity contribution < 1.29 is 13.2 Å². The molecule has 0 aliphatic heterocycles. The van der Waals surface area contributed by atoms with Gasteiger partial charge in [-0.15, -0.1) is 0 Å². The van der Waals surface area contributed by atoms with Gasteiger partial charge in [-0.25, -0.2) is 13.4 Å². The van der Waals surface area contributed by atoms with E-state index in [-0.39, 0.29) is 10.7 Å². The van der Waals surface area contributed by atoms with Crippen LogP contribution in [-0.4, -0.2) is 30.9 Å². The number of halogens is 1. The van der Waals surface area contributed by atoms with Crippen LogP contribution in [0.3, 0.4) is 0 Å². The summed E-state index contributed by atoms with van der Waals surface area (Å²) in [6, 6.07) is 0.395. The third-order valence-corrected chi connectivity index (χ3v) is 4.36.